The van der Waals surface area contributed by atoms with Crippen molar-refractivity contribution < 1.29 is 9.47 Å². The Morgan fingerprint density at radius 1 is 1.00 bits per heavy atom. The summed E-state index contributed by atoms with van der Waals surface area (Å²) in [4.78, 5) is 4.26. The van der Waals surface area contributed by atoms with Crippen LogP contribution in [0.15, 0.2) is 53.5 Å². The molecule has 0 fully saturated rings. The zero-order valence-electron chi connectivity index (χ0n) is 13.9. The molecule has 126 valence electrons. The molecular formula is C19H23N3O2. The number of hydrogen-bond acceptors (Lipinski definition) is 3. The van der Waals surface area contributed by atoms with Crippen LogP contribution in [0.2, 0.25) is 0 Å². The van der Waals surface area contributed by atoms with Crippen molar-refractivity contribution in [3.05, 3.63) is 59.7 Å². The van der Waals surface area contributed by atoms with Crippen molar-refractivity contribution in [3.63, 3.8) is 0 Å². The van der Waals surface area contributed by atoms with Crippen molar-refractivity contribution in [1.82, 2.24) is 10.6 Å². The molecule has 24 heavy (non-hydrogen) atoms. The molecule has 0 aliphatic carbocycles. The lowest BCUT2D eigenvalue weighted by Gasteiger charge is -2.12. The van der Waals surface area contributed by atoms with Gasteiger partial charge in [0.25, 0.3) is 0 Å². The lowest BCUT2D eigenvalue weighted by atomic mass is 10.1. The Labute approximate surface area is 142 Å². The molecule has 5 heteroatoms. The van der Waals surface area contributed by atoms with E-state index < -0.39 is 0 Å². The highest BCUT2D eigenvalue weighted by molar-refractivity contribution is 5.79. The first-order valence-corrected chi connectivity index (χ1v) is 8.22. The van der Waals surface area contributed by atoms with Crippen LogP contribution in [0.1, 0.15) is 17.5 Å². The highest BCUT2D eigenvalue weighted by Gasteiger charge is 2.13. The largest absolute Gasteiger partial charge is 0.454 e. The summed E-state index contributed by atoms with van der Waals surface area (Å²) in [5, 5.41) is 6.66. The molecule has 0 atom stereocenters. The monoisotopic (exact) mass is 325 g/mol. The van der Waals surface area contributed by atoms with Gasteiger partial charge in [-0.3, -0.25) is 4.99 Å². The zero-order valence-corrected chi connectivity index (χ0v) is 13.9. The molecular weight excluding hydrogens is 302 g/mol. The van der Waals surface area contributed by atoms with Crippen molar-refractivity contribution in [2.45, 2.75) is 19.4 Å². The molecule has 0 bridgehead atoms. The first-order chi connectivity index (χ1) is 11.8. The van der Waals surface area contributed by atoms with E-state index in [-0.39, 0.29) is 0 Å². The van der Waals surface area contributed by atoms with Crippen molar-refractivity contribution >= 4 is 5.96 Å². The third kappa shape index (κ3) is 4.41. The SMILES string of the molecule is CN=C(NCCCc1ccccc1)NCc1ccc2c(c1)OCO2. The van der Waals surface area contributed by atoms with Crippen LogP contribution in [0, 0.1) is 0 Å². The lowest BCUT2D eigenvalue weighted by Crippen LogP contribution is -2.37. The van der Waals surface area contributed by atoms with Gasteiger partial charge in [0, 0.05) is 20.1 Å². The van der Waals surface area contributed by atoms with Crippen LogP contribution in [0.25, 0.3) is 0 Å². The number of ether oxygens (including phenoxy) is 2. The number of guanidine groups is 1. The second kappa shape index (κ2) is 8.24. The number of aliphatic imine (C=N–C) groups is 1. The smallest absolute Gasteiger partial charge is 0.231 e. The van der Waals surface area contributed by atoms with E-state index in [1.165, 1.54) is 5.56 Å². The first-order valence-electron chi connectivity index (χ1n) is 8.22. The molecule has 0 unspecified atom stereocenters. The number of fused-ring (bicyclic) bond motifs is 1. The molecule has 2 aromatic rings. The molecule has 3 rings (SSSR count). The Bertz CT molecular complexity index is 686. The van der Waals surface area contributed by atoms with E-state index in [0.29, 0.717) is 13.3 Å². The van der Waals surface area contributed by atoms with Gasteiger partial charge in [-0.1, -0.05) is 36.4 Å². The molecule has 1 aliphatic heterocycles. The fourth-order valence-electron chi connectivity index (χ4n) is 2.60. The summed E-state index contributed by atoms with van der Waals surface area (Å²) in [7, 11) is 1.78. The van der Waals surface area contributed by atoms with E-state index in [9.17, 15) is 0 Å². The van der Waals surface area contributed by atoms with Gasteiger partial charge in [-0.25, -0.2) is 0 Å². The standard InChI is InChI=1S/C19H23N3O2/c1-20-19(21-11-5-8-15-6-3-2-4-7-15)22-13-16-9-10-17-18(12-16)24-14-23-17/h2-4,6-7,9-10,12H,5,8,11,13-14H2,1H3,(H2,20,21,22). The maximum atomic E-state index is 5.40. The Morgan fingerprint density at radius 2 is 1.83 bits per heavy atom. The predicted octanol–water partition coefficient (Wildman–Crippen LogP) is 2.71. The molecule has 2 N–H and O–H groups in total. The third-order valence-corrected chi connectivity index (χ3v) is 3.90. The van der Waals surface area contributed by atoms with Crippen molar-refractivity contribution in [1.29, 1.82) is 0 Å². The van der Waals surface area contributed by atoms with Crippen LogP contribution in [-0.2, 0) is 13.0 Å². The summed E-state index contributed by atoms with van der Waals surface area (Å²) in [6, 6.07) is 16.5. The van der Waals surface area contributed by atoms with Crippen LogP contribution < -0.4 is 20.1 Å². The quantitative estimate of drug-likeness (QED) is 0.487. The molecule has 2 aromatic carbocycles. The van der Waals surface area contributed by atoms with Crippen molar-refractivity contribution in [3.8, 4) is 11.5 Å². The maximum Gasteiger partial charge on any atom is 0.231 e. The van der Waals surface area contributed by atoms with Crippen LogP contribution in [0.4, 0.5) is 0 Å². The van der Waals surface area contributed by atoms with Gasteiger partial charge >= 0.3 is 0 Å². The molecule has 0 aromatic heterocycles. The van der Waals surface area contributed by atoms with Gasteiger partial charge in [0.15, 0.2) is 17.5 Å². The van der Waals surface area contributed by atoms with Gasteiger partial charge in [-0.2, -0.15) is 0 Å². The van der Waals surface area contributed by atoms with E-state index in [1.54, 1.807) is 7.05 Å². The molecule has 0 saturated heterocycles. The topological polar surface area (TPSA) is 54.9 Å². The Balaban J connectivity index is 1.40. The lowest BCUT2D eigenvalue weighted by molar-refractivity contribution is 0.174. The van der Waals surface area contributed by atoms with E-state index in [4.69, 9.17) is 9.47 Å². The Kier molecular flexibility index (Phi) is 5.56. The summed E-state index contributed by atoms with van der Waals surface area (Å²) >= 11 is 0. The normalized spacial score (nSPS) is 13.0. The minimum absolute atomic E-state index is 0.302. The van der Waals surface area contributed by atoms with Crippen molar-refractivity contribution in [2.24, 2.45) is 4.99 Å². The summed E-state index contributed by atoms with van der Waals surface area (Å²) in [5.74, 6) is 2.42. The molecule has 0 amide bonds. The molecule has 0 spiro atoms. The molecule has 0 radical (unpaired) electrons. The van der Waals surface area contributed by atoms with Crippen LogP contribution in [-0.4, -0.2) is 26.3 Å². The molecule has 1 heterocycles. The average molecular weight is 325 g/mol. The van der Waals surface area contributed by atoms with Crippen LogP contribution >= 0.6 is 0 Å². The Hall–Kier alpha value is -2.69. The number of nitrogens with one attached hydrogen (secondary N) is 2. The summed E-state index contributed by atoms with van der Waals surface area (Å²) in [5.41, 5.74) is 2.49. The van der Waals surface area contributed by atoms with Gasteiger partial charge in [-0.05, 0) is 36.1 Å². The summed E-state index contributed by atoms with van der Waals surface area (Å²) < 4.78 is 10.7. The van der Waals surface area contributed by atoms with Gasteiger partial charge in [0.1, 0.15) is 0 Å². The minimum atomic E-state index is 0.302. The number of hydrogen-bond donors (Lipinski definition) is 2. The van der Waals surface area contributed by atoms with E-state index in [1.807, 2.05) is 24.3 Å². The number of aryl methyl sites for hydroxylation is 1. The number of rotatable bonds is 6. The highest BCUT2D eigenvalue weighted by atomic mass is 16.7. The van der Waals surface area contributed by atoms with Gasteiger partial charge in [-0.15, -0.1) is 0 Å². The van der Waals surface area contributed by atoms with Crippen LogP contribution in [0.3, 0.4) is 0 Å². The van der Waals surface area contributed by atoms with E-state index >= 15 is 0 Å². The molecule has 0 saturated carbocycles. The van der Waals surface area contributed by atoms with Gasteiger partial charge in [0.2, 0.25) is 6.79 Å². The fourth-order valence-corrected chi connectivity index (χ4v) is 2.60. The second-order valence-corrected chi connectivity index (χ2v) is 5.63. The number of nitrogens with zero attached hydrogens (tertiary/aromatic N) is 1. The van der Waals surface area contributed by atoms with Crippen LogP contribution in [0.5, 0.6) is 11.5 Å². The van der Waals surface area contributed by atoms with E-state index in [0.717, 1.165) is 42.4 Å². The average Bonchev–Trinajstić information content (AvgIpc) is 3.10. The third-order valence-electron chi connectivity index (χ3n) is 3.90. The first kappa shape index (κ1) is 16.2. The highest BCUT2D eigenvalue weighted by Crippen LogP contribution is 2.32. The second-order valence-electron chi connectivity index (χ2n) is 5.63. The zero-order chi connectivity index (χ0) is 16.6. The number of benzene rings is 2. The molecule has 5 nitrogen and oxygen atoms in total. The Morgan fingerprint density at radius 3 is 2.67 bits per heavy atom. The summed E-state index contributed by atoms with van der Waals surface area (Å²) in [6.07, 6.45) is 2.13. The fraction of sp³-hybridized carbons (Fsp3) is 0.316. The predicted molar refractivity (Wildman–Crippen MR) is 95.5 cm³/mol. The minimum Gasteiger partial charge on any atom is -0.454 e. The van der Waals surface area contributed by atoms with E-state index in [2.05, 4.69) is 39.9 Å². The van der Waals surface area contributed by atoms with Crippen molar-refractivity contribution in [2.75, 3.05) is 20.4 Å². The summed E-state index contributed by atoms with van der Waals surface area (Å²) in [6.45, 7) is 1.88. The maximum absolute atomic E-state index is 5.40. The molecule has 1 aliphatic rings. The van der Waals surface area contributed by atoms with Gasteiger partial charge in [0.05, 0.1) is 0 Å². The van der Waals surface area contributed by atoms with Gasteiger partial charge < -0.3 is 20.1 Å².